The molecule has 2 unspecified atom stereocenters. The summed E-state index contributed by atoms with van der Waals surface area (Å²) in [5, 5.41) is 0. The first-order chi connectivity index (χ1) is 5.77. The summed E-state index contributed by atoms with van der Waals surface area (Å²) in [5.41, 5.74) is 5.53. The van der Waals surface area contributed by atoms with Crippen LogP contribution < -0.4 is 5.73 Å². The van der Waals surface area contributed by atoms with E-state index in [1.54, 1.807) is 0 Å². The molecule has 1 rings (SSSR count). The standard InChI is InChI=1S/C9H18N2O/c1-3-8(2)11-4-5-12-9(6-10)7-11/h3,8-9H,1,4-7,10H2,2H3. The molecule has 1 fully saturated rings. The monoisotopic (exact) mass is 170 g/mol. The van der Waals surface area contributed by atoms with Crippen molar-refractivity contribution < 1.29 is 4.74 Å². The van der Waals surface area contributed by atoms with Crippen molar-refractivity contribution in [1.82, 2.24) is 4.90 Å². The average Bonchev–Trinajstić information content (AvgIpc) is 2.17. The Morgan fingerprint density at radius 3 is 3.17 bits per heavy atom. The molecule has 0 amide bonds. The highest BCUT2D eigenvalue weighted by Crippen LogP contribution is 2.08. The van der Waals surface area contributed by atoms with Gasteiger partial charge in [0.1, 0.15) is 0 Å². The molecule has 0 aliphatic carbocycles. The first-order valence-corrected chi connectivity index (χ1v) is 4.46. The van der Waals surface area contributed by atoms with Gasteiger partial charge in [0.2, 0.25) is 0 Å². The number of ether oxygens (including phenoxy) is 1. The zero-order valence-electron chi connectivity index (χ0n) is 7.70. The lowest BCUT2D eigenvalue weighted by Crippen LogP contribution is -2.48. The number of nitrogens with zero attached hydrogens (tertiary/aromatic N) is 1. The lowest BCUT2D eigenvalue weighted by Gasteiger charge is -2.35. The van der Waals surface area contributed by atoms with Crippen molar-refractivity contribution in [3.8, 4) is 0 Å². The molecule has 1 saturated heterocycles. The van der Waals surface area contributed by atoms with Crippen LogP contribution in [-0.4, -0.2) is 43.3 Å². The van der Waals surface area contributed by atoms with Gasteiger partial charge in [-0.2, -0.15) is 0 Å². The van der Waals surface area contributed by atoms with Gasteiger partial charge in [0, 0.05) is 25.7 Å². The van der Waals surface area contributed by atoms with E-state index in [4.69, 9.17) is 10.5 Å². The molecule has 2 N–H and O–H groups in total. The highest BCUT2D eigenvalue weighted by molar-refractivity contribution is 4.86. The third-order valence-corrected chi connectivity index (χ3v) is 2.35. The number of nitrogens with two attached hydrogens (primary N) is 1. The van der Waals surface area contributed by atoms with Gasteiger partial charge in [0.15, 0.2) is 0 Å². The summed E-state index contributed by atoms with van der Waals surface area (Å²) in [6.07, 6.45) is 2.17. The Morgan fingerprint density at radius 1 is 1.83 bits per heavy atom. The van der Waals surface area contributed by atoms with Crippen LogP contribution in [0.5, 0.6) is 0 Å². The molecule has 0 spiro atoms. The van der Waals surface area contributed by atoms with Crippen LogP contribution in [0.3, 0.4) is 0 Å². The smallest absolute Gasteiger partial charge is 0.0824 e. The molecule has 1 aliphatic heterocycles. The normalized spacial score (nSPS) is 28.3. The van der Waals surface area contributed by atoms with Crippen LogP contribution in [0.25, 0.3) is 0 Å². The molecule has 1 aliphatic rings. The van der Waals surface area contributed by atoms with Gasteiger partial charge in [0.05, 0.1) is 12.7 Å². The topological polar surface area (TPSA) is 38.5 Å². The number of hydrogen-bond donors (Lipinski definition) is 1. The van der Waals surface area contributed by atoms with Crippen LogP contribution in [0.15, 0.2) is 12.7 Å². The van der Waals surface area contributed by atoms with E-state index in [0.717, 1.165) is 19.7 Å². The van der Waals surface area contributed by atoms with E-state index in [-0.39, 0.29) is 6.10 Å². The Hall–Kier alpha value is -0.380. The first-order valence-electron chi connectivity index (χ1n) is 4.46. The van der Waals surface area contributed by atoms with Crippen molar-refractivity contribution in [2.45, 2.75) is 19.1 Å². The van der Waals surface area contributed by atoms with Crippen molar-refractivity contribution in [3.63, 3.8) is 0 Å². The van der Waals surface area contributed by atoms with E-state index >= 15 is 0 Å². The molecule has 1 heterocycles. The second-order valence-electron chi connectivity index (χ2n) is 3.20. The maximum absolute atomic E-state index is 5.53. The van der Waals surface area contributed by atoms with E-state index in [0.29, 0.717) is 12.6 Å². The molecule has 0 aromatic rings. The quantitative estimate of drug-likeness (QED) is 0.616. The Morgan fingerprint density at radius 2 is 2.58 bits per heavy atom. The second-order valence-corrected chi connectivity index (χ2v) is 3.20. The molecule has 12 heavy (non-hydrogen) atoms. The van der Waals surface area contributed by atoms with Crippen LogP contribution >= 0.6 is 0 Å². The molecule has 2 atom stereocenters. The van der Waals surface area contributed by atoms with Gasteiger partial charge in [-0.15, -0.1) is 6.58 Å². The van der Waals surface area contributed by atoms with E-state index in [9.17, 15) is 0 Å². The summed E-state index contributed by atoms with van der Waals surface area (Å²) < 4.78 is 5.45. The minimum atomic E-state index is 0.209. The highest BCUT2D eigenvalue weighted by atomic mass is 16.5. The third kappa shape index (κ3) is 2.30. The number of morpholine rings is 1. The van der Waals surface area contributed by atoms with Crippen molar-refractivity contribution in [1.29, 1.82) is 0 Å². The summed E-state index contributed by atoms with van der Waals surface area (Å²) >= 11 is 0. The number of hydrogen-bond acceptors (Lipinski definition) is 3. The maximum atomic E-state index is 5.53. The molecule has 0 radical (unpaired) electrons. The summed E-state index contributed by atoms with van der Waals surface area (Å²) in [5.74, 6) is 0. The van der Waals surface area contributed by atoms with Crippen molar-refractivity contribution in [2.24, 2.45) is 5.73 Å². The minimum Gasteiger partial charge on any atom is -0.374 e. The molecular weight excluding hydrogens is 152 g/mol. The van der Waals surface area contributed by atoms with Crippen LogP contribution in [0, 0.1) is 0 Å². The summed E-state index contributed by atoms with van der Waals surface area (Å²) in [7, 11) is 0. The predicted octanol–water partition coefficient (Wildman–Crippen LogP) is 0.220. The van der Waals surface area contributed by atoms with Crippen molar-refractivity contribution in [2.75, 3.05) is 26.2 Å². The van der Waals surface area contributed by atoms with Gasteiger partial charge in [-0.05, 0) is 6.92 Å². The Bertz CT molecular complexity index is 149. The number of rotatable bonds is 3. The molecule has 3 nitrogen and oxygen atoms in total. The van der Waals surface area contributed by atoms with E-state index in [1.807, 2.05) is 6.08 Å². The van der Waals surface area contributed by atoms with Crippen LogP contribution in [-0.2, 0) is 4.74 Å². The van der Waals surface area contributed by atoms with Crippen LogP contribution in [0.1, 0.15) is 6.92 Å². The molecule has 70 valence electrons. The zero-order valence-corrected chi connectivity index (χ0v) is 7.70. The van der Waals surface area contributed by atoms with Gasteiger partial charge in [-0.25, -0.2) is 0 Å². The van der Waals surface area contributed by atoms with Crippen molar-refractivity contribution >= 4 is 0 Å². The Labute approximate surface area is 74.2 Å². The molecule has 0 aromatic carbocycles. The van der Waals surface area contributed by atoms with Crippen LogP contribution in [0.4, 0.5) is 0 Å². The molecule has 0 bridgehead atoms. The molecular formula is C9H18N2O. The van der Waals surface area contributed by atoms with Gasteiger partial charge in [-0.3, -0.25) is 4.90 Å². The first kappa shape index (κ1) is 9.71. The fraction of sp³-hybridized carbons (Fsp3) is 0.778. The van der Waals surface area contributed by atoms with Gasteiger partial charge < -0.3 is 10.5 Å². The van der Waals surface area contributed by atoms with E-state index in [2.05, 4.69) is 18.4 Å². The fourth-order valence-electron chi connectivity index (χ4n) is 1.40. The van der Waals surface area contributed by atoms with Crippen LogP contribution in [0.2, 0.25) is 0 Å². The molecule has 0 aromatic heterocycles. The molecule has 0 saturated carbocycles. The lowest BCUT2D eigenvalue weighted by molar-refractivity contribution is -0.0299. The third-order valence-electron chi connectivity index (χ3n) is 2.35. The zero-order chi connectivity index (χ0) is 8.97. The Kier molecular flexibility index (Phi) is 3.72. The summed E-state index contributed by atoms with van der Waals surface area (Å²) in [6, 6.07) is 0.433. The van der Waals surface area contributed by atoms with Crippen molar-refractivity contribution in [3.05, 3.63) is 12.7 Å². The SMILES string of the molecule is C=CC(C)N1CCOC(CN)C1. The highest BCUT2D eigenvalue weighted by Gasteiger charge is 2.21. The molecule has 3 heteroatoms. The predicted molar refractivity (Wildman–Crippen MR) is 50.0 cm³/mol. The van der Waals surface area contributed by atoms with E-state index < -0.39 is 0 Å². The fourth-order valence-corrected chi connectivity index (χ4v) is 1.40. The maximum Gasteiger partial charge on any atom is 0.0824 e. The van der Waals surface area contributed by atoms with Gasteiger partial charge >= 0.3 is 0 Å². The average molecular weight is 170 g/mol. The summed E-state index contributed by atoms with van der Waals surface area (Å²) in [4.78, 5) is 2.34. The lowest BCUT2D eigenvalue weighted by atomic mass is 10.2. The van der Waals surface area contributed by atoms with Gasteiger partial charge in [-0.1, -0.05) is 6.08 Å². The second kappa shape index (κ2) is 4.60. The summed E-state index contributed by atoms with van der Waals surface area (Å²) in [6.45, 7) is 9.24. The Balaban J connectivity index is 2.39. The van der Waals surface area contributed by atoms with E-state index in [1.165, 1.54) is 0 Å². The minimum absolute atomic E-state index is 0.209. The van der Waals surface area contributed by atoms with Gasteiger partial charge in [0.25, 0.3) is 0 Å². The largest absolute Gasteiger partial charge is 0.374 e.